The molecule has 0 bridgehead atoms. The molecule has 4 heterocycles. The highest BCUT2D eigenvalue weighted by molar-refractivity contribution is 5.89. The molecule has 0 unspecified atom stereocenters. The minimum atomic E-state index is -0.204. The third kappa shape index (κ3) is 4.66. The zero-order valence-electron chi connectivity index (χ0n) is 19.4. The number of morpholine rings is 1. The van der Waals surface area contributed by atoms with E-state index in [1.165, 1.54) is 5.56 Å². The van der Waals surface area contributed by atoms with Crippen molar-refractivity contribution in [3.63, 3.8) is 0 Å². The second-order valence-corrected chi connectivity index (χ2v) is 9.01. The molecule has 0 saturated carbocycles. The minimum absolute atomic E-state index is 0.204. The van der Waals surface area contributed by atoms with Crippen LogP contribution in [0.1, 0.15) is 25.1 Å². The second-order valence-electron chi connectivity index (χ2n) is 9.01. The van der Waals surface area contributed by atoms with Crippen LogP contribution in [0.5, 0.6) is 0 Å². The number of nitrogens with zero attached hydrogens (tertiary/aromatic N) is 4. The van der Waals surface area contributed by atoms with E-state index in [0.717, 1.165) is 74.3 Å². The van der Waals surface area contributed by atoms with Gasteiger partial charge >= 0.3 is 6.03 Å². The van der Waals surface area contributed by atoms with Crippen molar-refractivity contribution in [2.75, 3.05) is 56.2 Å². The lowest BCUT2D eigenvalue weighted by molar-refractivity contribution is 0.0980. The number of amides is 2. The zero-order chi connectivity index (χ0) is 22.8. The Morgan fingerprint density at radius 3 is 2.73 bits per heavy atom. The molecule has 3 N–H and O–H groups in total. The Kier molecular flexibility index (Phi) is 6.43. The fourth-order valence-corrected chi connectivity index (χ4v) is 4.72. The Bertz CT molecular complexity index is 993. The Hall–Kier alpha value is -2.75. The van der Waals surface area contributed by atoms with E-state index in [4.69, 9.17) is 14.7 Å². The van der Waals surface area contributed by atoms with Crippen LogP contribution < -0.4 is 20.9 Å². The van der Waals surface area contributed by atoms with Crippen LogP contribution in [0.2, 0.25) is 0 Å². The quantitative estimate of drug-likeness (QED) is 0.639. The van der Waals surface area contributed by atoms with E-state index >= 15 is 0 Å². The van der Waals surface area contributed by atoms with Crippen molar-refractivity contribution in [2.45, 2.75) is 38.9 Å². The fourth-order valence-electron chi connectivity index (χ4n) is 4.72. The highest BCUT2D eigenvalue weighted by Gasteiger charge is 2.32. The summed E-state index contributed by atoms with van der Waals surface area (Å²) in [5, 5.41) is 8.98. The number of carbonyl (C=O) groups is 1. The SMILES string of the molecule is CCNC(=O)Nc1ccc(-c2nc3c(c(N4CCOC[C@@H]4C)n2)CCN(C2CNC2)C3)cc1. The van der Waals surface area contributed by atoms with Gasteiger partial charge in [-0.25, -0.2) is 14.8 Å². The molecule has 2 aromatic rings. The van der Waals surface area contributed by atoms with E-state index in [1.807, 2.05) is 31.2 Å². The summed E-state index contributed by atoms with van der Waals surface area (Å²) in [6.07, 6.45) is 0.973. The molecule has 9 heteroatoms. The molecule has 2 fully saturated rings. The maximum atomic E-state index is 11.8. The molecule has 2 saturated heterocycles. The summed E-state index contributed by atoms with van der Waals surface area (Å²) in [4.78, 5) is 26.9. The van der Waals surface area contributed by atoms with Gasteiger partial charge in [0.2, 0.25) is 0 Å². The van der Waals surface area contributed by atoms with E-state index in [9.17, 15) is 4.79 Å². The van der Waals surface area contributed by atoms with E-state index < -0.39 is 0 Å². The first-order valence-corrected chi connectivity index (χ1v) is 12.0. The number of fused-ring (bicyclic) bond motifs is 1. The summed E-state index contributed by atoms with van der Waals surface area (Å²) in [5.41, 5.74) is 4.11. The van der Waals surface area contributed by atoms with Crippen molar-refractivity contribution >= 4 is 17.5 Å². The summed E-state index contributed by atoms with van der Waals surface area (Å²) in [6, 6.07) is 8.43. The molecule has 0 aliphatic carbocycles. The number of anilines is 2. The number of aromatic nitrogens is 2. The number of ether oxygens (including phenoxy) is 1. The van der Waals surface area contributed by atoms with Gasteiger partial charge in [-0.05, 0) is 44.5 Å². The molecular formula is C24H33N7O2. The van der Waals surface area contributed by atoms with Crippen molar-refractivity contribution in [1.82, 2.24) is 25.5 Å². The van der Waals surface area contributed by atoms with E-state index in [-0.39, 0.29) is 12.1 Å². The smallest absolute Gasteiger partial charge is 0.319 e. The predicted molar refractivity (Wildman–Crippen MR) is 129 cm³/mol. The average molecular weight is 452 g/mol. The maximum absolute atomic E-state index is 11.8. The highest BCUT2D eigenvalue weighted by Crippen LogP contribution is 2.32. The number of hydrogen-bond donors (Lipinski definition) is 3. The molecule has 0 spiro atoms. The Balaban J connectivity index is 1.47. The van der Waals surface area contributed by atoms with Gasteiger partial charge in [0.25, 0.3) is 0 Å². The lowest BCUT2D eigenvalue weighted by Crippen LogP contribution is -2.58. The van der Waals surface area contributed by atoms with E-state index in [2.05, 4.69) is 32.7 Å². The maximum Gasteiger partial charge on any atom is 0.319 e. The molecule has 3 aliphatic heterocycles. The standard InChI is InChI=1S/C24H33N7O2/c1-3-26-24(32)27-18-6-4-17(5-7-18)22-28-21-14-30(19-12-25-13-19)9-8-20(21)23(29-22)31-10-11-33-15-16(31)2/h4-7,16,19,25H,3,8-15H2,1-2H3,(H2,26,27,32)/t16-/m0/s1. The van der Waals surface area contributed by atoms with Crippen molar-refractivity contribution in [3.8, 4) is 11.4 Å². The summed E-state index contributed by atoms with van der Waals surface area (Å²) in [7, 11) is 0. The lowest BCUT2D eigenvalue weighted by atomic mass is 10.00. The normalized spacial score (nSPS) is 21.3. The first-order valence-electron chi connectivity index (χ1n) is 12.0. The first kappa shape index (κ1) is 22.1. The molecule has 9 nitrogen and oxygen atoms in total. The molecule has 1 atom stereocenters. The number of hydrogen-bond acceptors (Lipinski definition) is 7. The Labute approximate surface area is 194 Å². The summed E-state index contributed by atoms with van der Waals surface area (Å²) in [6.45, 7) is 11.0. The molecule has 0 radical (unpaired) electrons. The van der Waals surface area contributed by atoms with Crippen molar-refractivity contribution < 1.29 is 9.53 Å². The largest absolute Gasteiger partial charge is 0.377 e. The molecular weight excluding hydrogens is 418 g/mol. The third-order valence-electron chi connectivity index (χ3n) is 6.73. The summed E-state index contributed by atoms with van der Waals surface area (Å²) in [5.74, 6) is 1.79. The first-order chi connectivity index (χ1) is 16.1. The van der Waals surface area contributed by atoms with Gasteiger partial charge in [-0.1, -0.05) is 0 Å². The van der Waals surface area contributed by atoms with E-state index in [1.54, 1.807) is 0 Å². The van der Waals surface area contributed by atoms with Gasteiger partial charge in [-0.3, -0.25) is 4.90 Å². The molecule has 1 aromatic carbocycles. The van der Waals surface area contributed by atoms with Crippen LogP contribution in [0.3, 0.4) is 0 Å². The third-order valence-corrected chi connectivity index (χ3v) is 6.73. The van der Waals surface area contributed by atoms with Crippen molar-refractivity contribution in [2.24, 2.45) is 0 Å². The van der Waals surface area contributed by atoms with E-state index in [0.29, 0.717) is 19.2 Å². The van der Waals surface area contributed by atoms with Crippen LogP contribution >= 0.6 is 0 Å². The Morgan fingerprint density at radius 2 is 2.03 bits per heavy atom. The average Bonchev–Trinajstić information content (AvgIpc) is 2.78. The Morgan fingerprint density at radius 1 is 1.21 bits per heavy atom. The molecule has 1 aromatic heterocycles. The van der Waals surface area contributed by atoms with Crippen LogP contribution in [0, 0.1) is 0 Å². The highest BCUT2D eigenvalue weighted by atomic mass is 16.5. The number of urea groups is 1. The van der Waals surface area contributed by atoms with Crippen LogP contribution in [0.15, 0.2) is 24.3 Å². The van der Waals surface area contributed by atoms with Crippen LogP contribution in [-0.2, 0) is 17.7 Å². The van der Waals surface area contributed by atoms with Crippen molar-refractivity contribution in [3.05, 3.63) is 35.5 Å². The predicted octanol–water partition coefficient (Wildman–Crippen LogP) is 1.84. The van der Waals surface area contributed by atoms with Gasteiger partial charge in [-0.15, -0.1) is 0 Å². The molecule has 3 aliphatic rings. The van der Waals surface area contributed by atoms with Gasteiger partial charge < -0.3 is 25.6 Å². The summed E-state index contributed by atoms with van der Waals surface area (Å²) < 4.78 is 5.69. The number of benzene rings is 1. The topological polar surface area (TPSA) is 94.7 Å². The fraction of sp³-hybridized carbons (Fsp3) is 0.542. The second kappa shape index (κ2) is 9.62. The summed E-state index contributed by atoms with van der Waals surface area (Å²) >= 11 is 0. The van der Waals surface area contributed by atoms with Gasteiger partial charge in [0.05, 0.1) is 24.9 Å². The lowest BCUT2D eigenvalue weighted by Gasteiger charge is -2.42. The van der Waals surface area contributed by atoms with Gasteiger partial charge in [-0.2, -0.15) is 0 Å². The molecule has 176 valence electrons. The van der Waals surface area contributed by atoms with Crippen molar-refractivity contribution in [1.29, 1.82) is 0 Å². The zero-order valence-corrected chi connectivity index (χ0v) is 19.4. The molecule has 5 rings (SSSR count). The monoisotopic (exact) mass is 451 g/mol. The minimum Gasteiger partial charge on any atom is -0.377 e. The van der Waals surface area contributed by atoms with Crippen LogP contribution in [-0.4, -0.2) is 78.9 Å². The molecule has 33 heavy (non-hydrogen) atoms. The number of carbonyl (C=O) groups excluding carboxylic acids is 1. The van der Waals surface area contributed by atoms with Crippen LogP contribution in [0.25, 0.3) is 11.4 Å². The number of nitrogens with one attached hydrogen (secondary N) is 3. The van der Waals surface area contributed by atoms with Gasteiger partial charge in [0.1, 0.15) is 5.82 Å². The number of rotatable bonds is 5. The van der Waals surface area contributed by atoms with Crippen LogP contribution in [0.4, 0.5) is 16.3 Å². The van der Waals surface area contributed by atoms with Gasteiger partial charge in [0.15, 0.2) is 5.82 Å². The van der Waals surface area contributed by atoms with Gasteiger partial charge in [0, 0.05) is 62.1 Å². The molecule has 2 amide bonds.